The predicted octanol–water partition coefficient (Wildman–Crippen LogP) is 7.07. The van der Waals surface area contributed by atoms with Crippen LogP contribution in [0.5, 0.6) is 0 Å². The molecule has 2 nitrogen and oxygen atoms in total. The van der Waals surface area contributed by atoms with Crippen LogP contribution in [0, 0.1) is 0 Å². The second-order valence-corrected chi connectivity index (χ2v) is 10.5. The number of hydrogen-bond acceptors (Lipinski definition) is 2. The molecule has 6 heteroatoms. The Morgan fingerprint density at radius 2 is 0.744 bits per heavy atom. The smallest absolute Gasteiger partial charge is 0.407 e. The first-order chi connectivity index (χ1) is 18.9. The summed E-state index contributed by atoms with van der Waals surface area (Å²) in [4.78, 5) is 15.5. The number of hydrogen-bond donors (Lipinski definition) is 0. The topological polar surface area (TPSA) is 40.1 Å². The van der Waals surface area contributed by atoms with Gasteiger partial charge in [0.25, 0.3) is 0 Å². The van der Waals surface area contributed by atoms with Gasteiger partial charge in [0.15, 0.2) is 20.1 Å². The monoisotopic (exact) mass is 542 g/mol. The van der Waals surface area contributed by atoms with Crippen molar-refractivity contribution in [2.75, 3.05) is 0 Å². The van der Waals surface area contributed by atoms with E-state index in [0.29, 0.717) is 0 Å². The van der Waals surface area contributed by atoms with Crippen LogP contribution in [0.4, 0.5) is 13.2 Å². The lowest BCUT2D eigenvalue weighted by molar-refractivity contribution is -0.327. The summed E-state index contributed by atoms with van der Waals surface area (Å²) in [6.07, 6.45) is -5.02. The molecule has 0 spiro atoms. The van der Waals surface area contributed by atoms with E-state index in [0.717, 1.165) is 24.3 Å². The number of rotatable bonds is 6. The Morgan fingerprint density at radius 1 is 0.487 bits per heavy atom. The summed E-state index contributed by atoms with van der Waals surface area (Å²) in [5.41, 5.74) is -3.92. The average Bonchev–Trinajstić information content (AvgIpc) is 2.96. The molecule has 5 aromatic rings. The molecule has 0 aliphatic heterocycles. The number of benzene rings is 5. The van der Waals surface area contributed by atoms with E-state index in [9.17, 15) is 23.1 Å². The van der Waals surface area contributed by atoms with Crippen molar-refractivity contribution in [3.8, 4) is 0 Å². The predicted molar refractivity (Wildman–Crippen MR) is 146 cm³/mol. The molecule has 0 aromatic heterocycles. The minimum absolute atomic E-state index is 0.0146. The second-order valence-electron chi connectivity index (χ2n) is 8.51. The molecule has 196 valence electrons. The van der Waals surface area contributed by atoms with E-state index < -0.39 is 17.6 Å². The van der Waals surface area contributed by atoms with E-state index in [1.807, 2.05) is 0 Å². The highest BCUT2D eigenvalue weighted by atomic mass is 32.2. The van der Waals surface area contributed by atoms with Gasteiger partial charge in [0.05, 0.1) is 16.9 Å². The Labute approximate surface area is 228 Å². The zero-order valence-electron chi connectivity index (χ0n) is 20.8. The first-order valence-electron chi connectivity index (χ1n) is 12.1. The molecule has 5 rings (SSSR count). The van der Waals surface area contributed by atoms with Gasteiger partial charge in [-0.1, -0.05) is 115 Å². The van der Waals surface area contributed by atoms with Gasteiger partial charge in [-0.2, -0.15) is 13.2 Å². The lowest BCUT2D eigenvalue weighted by Gasteiger charge is -2.37. The number of halogens is 3. The lowest BCUT2D eigenvalue weighted by atomic mass is 9.74. The molecule has 0 atom stereocenters. The number of carbonyl (C=O) groups excluding carboxylic acids is 1. The number of carboxylic acid groups (broad SMARTS) is 1. The Morgan fingerprint density at radius 3 is 0.974 bits per heavy atom. The first kappa shape index (κ1) is 27.7. The van der Waals surface area contributed by atoms with Crippen LogP contribution in [0.1, 0.15) is 11.1 Å². The molecule has 0 N–H and O–H groups in total. The fourth-order valence-electron chi connectivity index (χ4n) is 4.30. The molecule has 0 radical (unpaired) electrons. The average molecular weight is 543 g/mol. The normalized spacial score (nSPS) is 11.4. The van der Waals surface area contributed by atoms with E-state index in [4.69, 9.17) is 0 Å². The van der Waals surface area contributed by atoms with Crippen molar-refractivity contribution in [3.63, 3.8) is 0 Å². The van der Waals surface area contributed by atoms with Gasteiger partial charge in [-0.05, 0) is 47.5 Å². The number of alkyl halides is 3. The molecule has 0 heterocycles. The molecule has 5 aromatic carbocycles. The summed E-state index contributed by atoms with van der Waals surface area (Å²) in [6.45, 7) is 0. The second kappa shape index (κ2) is 12.5. The largest absolute Gasteiger partial charge is 0.548 e. The molecule has 0 aliphatic carbocycles. The maximum Gasteiger partial charge on any atom is 0.407 e. The highest BCUT2D eigenvalue weighted by molar-refractivity contribution is 7.97. The van der Waals surface area contributed by atoms with E-state index >= 15 is 0 Å². The van der Waals surface area contributed by atoms with Crippen LogP contribution >= 0.6 is 0 Å². The van der Waals surface area contributed by atoms with Crippen LogP contribution in [0.15, 0.2) is 166 Å². The zero-order chi connectivity index (χ0) is 27.7. The van der Waals surface area contributed by atoms with Crippen molar-refractivity contribution in [1.82, 2.24) is 0 Å². The summed E-state index contributed by atoms with van der Waals surface area (Å²) >= 11 is 0. The van der Waals surface area contributed by atoms with Crippen molar-refractivity contribution < 1.29 is 23.1 Å². The maximum absolute atomic E-state index is 13.6. The summed E-state index contributed by atoms with van der Waals surface area (Å²) in [5.74, 6) is -2.19. The van der Waals surface area contributed by atoms with Crippen LogP contribution in [0.2, 0.25) is 0 Å². The highest BCUT2D eigenvalue weighted by Gasteiger charge is 2.58. The summed E-state index contributed by atoms with van der Waals surface area (Å²) in [5, 5.41) is 11.4. The van der Waals surface area contributed by atoms with Crippen molar-refractivity contribution >= 4 is 16.9 Å². The number of carbonyl (C=O) groups is 1. The molecule has 39 heavy (non-hydrogen) atoms. The minimum atomic E-state index is -5.02. The molecule has 0 saturated carbocycles. The lowest BCUT2D eigenvalue weighted by Crippen LogP contribution is -2.56. The molecule has 0 bridgehead atoms. The SMILES string of the molecule is O=C([O-])C(c1ccccc1)(c1ccccc1)C(F)(F)F.c1ccc([S+](c2ccccc2)c2ccccc2)cc1. The molecule has 0 aliphatic rings. The Kier molecular flexibility index (Phi) is 8.89. The van der Waals surface area contributed by atoms with Crippen LogP contribution in [0.3, 0.4) is 0 Å². The van der Waals surface area contributed by atoms with Gasteiger partial charge in [-0.15, -0.1) is 0 Å². The molecule has 0 fully saturated rings. The number of carboxylic acids is 1. The maximum atomic E-state index is 13.6. The third-order valence-electron chi connectivity index (χ3n) is 6.08. The standard InChI is InChI=1S/C18H15S.C15H11F3O2/c1-4-10-16(11-5-1)19(17-12-6-2-7-13-17)18-14-8-3-9-15-18;16-15(17,18)14(13(19)20,11-7-3-1-4-8-11)12-9-5-2-6-10-12/h1-15H;1-10H,(H,19,20)/q+1;/p-1. The van der Waals surface area contributed by atoms with E-state index in [1.54, 1.807) is 0 Å². The van der Waals surface area contributed by atoms with E-state index in [1.165, 1.54) is 51.1 Å². The Balaban J connectivity index is 0.000000181. The third-order valence-corrected chi connectivity index (χ3v) is 8.31. The third kappa shape index (κ3) is 6.07. The van der Waals surface area contributed by atoms with E-state index in [-0.39, 0.29) is 22.0 Å². The van der Waals surface area contributed by atoms with E-state index in [2.05, 4.69) is 91.0 Å². The highest BCUT2D eigenvalue weighted by Crippen LogP contribution is 2.46. The summed E-state index contributed by atoms with van der Waals surface area (Å²) < 4.78 is 40.7. The molecule has 0 amide bonds. The van der Waals surface area contributed by atoms with Gasteiger partial charge >= 0.3 is 6.18 Å². The fourth-order valence-corrected chi connectivity index (χ4v) is 6.40. The Hall–Kier alpha value is -4.29. The minimum Gasteiger partial charge on any atom is -0.548 e. The quantitative estimate of drug-likeness (QED) is 0.215. The van der Waals surface area contributed by atoms with Gasteiger partial charge in [-0.3, -0.25) is 0 Å². The van der Waals surface area contributed by atoms with Crippen molar-refractivity contribution in [1.29, 1.82) is 0 Å². The molecular weight excluding hydrogens is 517 g/mol. The van der Waals surface area contributed by atoms with Gasteiger partial charge < -0.3 is 9.90 Å². The van der Waals surface area contributed by atoms with Gasteiger partial charge in [-0.25, -0.2) is 0 Å². The van der Waals surface area contributed by atoms with Crippen LogP contribution in [-0.4, -0.2) is 12.1 Å². The van der Waals surface area contributed by atoms with Gasteiger partial charge in [0.2, 0.25) is 0 Å². The van der Waals surface area contributed by atoms with Crippen LogP contribution in [-0.2, 0) is 21.1 Å². The molecule has 0 saturated heterocycles. The van der Waals surface area contributed by atoms with Crippen LogP contribution < -0.4 is 5.11 Å². The summed E-state index contributed by atoms with van der Waals surface area (Å²) in [7, 11) is -0.0146. The fraction of sp³-hybridized carbons (Fsp3) is 0.0606. The van der Waals surface area contributed by atoms with Crippen molar-refractivity contribution in [2.45, 2.75) is 26.3 Å². The summed E-state index contributed by atoms with van der Waals surface area (Å²) in [6, 6.07) is 45.2. The first-order valence-corrected chi connectivity index (χ1v) is 13.4. The Bertz CT molecular complexity index is 1310. The number of aliphatic carboxylic acids is 1. The zero-order valence-corrected chi connectivity index (χ0v) is 21.6. The molecule has 0 unspecified atom stereocenters. The van der Waals surface area contributed by atoms with Crippen LogP contribution in [0.25, 0.3) is 0 Å². The van der Waals surface area contributed by atoms with Gasteiger partial charge in [0.1, 0.15) is 0 Å². The van der Waals surface area contributed by atoms with Crippen molar-refractivity contribution in [2.24, 2.45) is 0 Å². The van der Waals surface area contributed by atoms with Gasteiger partial charge in [0, 0.05) is 0 Å². The molecular formula is C33H25F3O2S. The van der Waals surface area contributed by atoms with Crippen molar-refractivity contribution in [3.05, 3.63) is 163 Å².